The van der Waals surface area contributed by atoms with Crippen molar-refractivity contribution in [2.24, 2.45) is 0 Å². The van der Waals surface area contributed by atoms with E-state index in [4.69, 9.17) is 5.11 Å². The van der Waals surface area contributed by atoms with E-state index in [9.17, 15) is 4.39 Å². The van der Waals surface area contributed by atoms with Gasteiger partial charge in [0, 0.05) is 4.90 Å². The van der Waals surface area contributed by atoms with Gasteiger partial charge in [0.05, 0.1) is 5.94 Å². The molecule has 0 aliphatic heterocycles. The summed E-state index contributed by atoms with van der Waals surface area (Å²) < 4.78 is 12.4. The first-order chi connectivity index (χ1) is 4.83. The first kappa shape index (κ1) is 7.57. The second-order valence-corrected chi connectivity index (χ2v) is 2.75. The maximum absolute atomic E-state index is 12.4. The highest BCUT2D eigenvalue weighted by atomic mass is 32.2. The van der Waals surface area contributed by atoms with E-state index < -0.39 is 0 Å². The van der Waals surface area contributed by atoms with Gasteiger partial charge in [-0.2, -0.15) is 0 Å². The molecule has 0 radical (unpaired) electrons. The van der Waals surface area contributed by atoms with E-state index >= 15 is 0 Å². The lowest BCUT2D eigenvalue weighted by Crippen LogP contribution is -1.76. The Morgan fingerprint density at radius 3 is 2.90 bits per heavy atom. The molecule has 0 bridgehead atoms. The van der Waals surface area contributed by atoms with Crippen LogP contribution in [0.25, 0.3) is 0 Å². The van der Waals surface area contributed by atoms with Crippen LogP contribution in [0.4, 0.5) is 4.39 Å². The number of hydrogen-bond acceptors (Lipinski definition) is 2. The van der Waals surface area contributed by atoms with E-state index in [1.165, 1.54) is 23.9 Å². The topological polar surface area (TPSA) is 20.2 Å². The minimum Gasteiger partial charge on any atom is -0.385 e. The van der Waals surface area contributed by atoms with E-state index in [-0.39, 0.29) is 11.8 Å². The fraction of sp³-hybridized carbons (Fsp3) is 0.143. The van der Waals surface area contributed by atoms with Gasteiger partial charge in [-0.1, -0.05) is 17.8 Å². The average Bonchev–Trinajstić information content (AvgIpc) is 1.88. The lowest BCUT2D eigenvalue weighted by molar-refractivity contribution is 0.375. The molecule has 3 heteroatoms. The third kappa shape index (κ3) is 2.01. The van der Waals surface area contributed by atoms with Crippen molar-refractivity contribution in [2.75, 3.05) is 5.94 Å². The van der Waals surface area contributed by atoms with Crippen LogP contribution in [0.15, 0.2) is 29.2 Å². The van der Waals surface area contributed by atoms with E-state index in [0.29, 0.717) is 0 Å². The van der Waals surface area contributed by atoms with E-state index in [2.05, 4.69) is 0 Å². The van der Waals surface area contributed by atoms with Crippen LogP contribution in [0.2, 0.25) is 0 Å². The van der Waals surface area contributed by atoms with Crippen molar-refractivity contribution >= 4 is 11.8 Å². The lowest BCUT2D eigenvalue weighted by atomic mass is 10.4. The minimum atomic E-state index is -0.265. The zero-order chi connectivity index (χ0) is 7.40. The number of halogens is 1. The van der Waals surface area contributed by atoms with Crippen molar-refractivity contribution in [3.8, 4) is 0 Å². The highest BCUT2D eigenvalue weighted by Crippen LogP contribution is 2.16. The molecule has 0 unspecified atom stereocenters. The summed E-state index contributed by atoms with van der Waals surface area (Å²) in [5.41, 5.74) is 0. The normalized spacial score (nSPS) is 9.80. The van der Waals surface area contributed by atoms with Crippen molar-refractivity contribution < 1.29 is 9.50 Å². The summed E-state index contributed by atoms with van der Waals surface area (Å²) in [5, 5.41) is 8.45. The molecule has 1 rings (SSSR count). The lowest BCUT2D eigenvalue weighted by Gasteiger charge is -1.95. The van der Waals surface area contributed by atoms with Gasteiger partial charge in [0.2, 0.25) is 0 Å². The maximum Gasteiger partial charge on any atom is 0.124 e. The first-order valence-corrected chi connectivity index (χ1v) is 3.80. The molecule has 0 amide bonds. The molecule has 0 saturated carbocycles. The van der Waals surface area contributed by atoms with E-state index in [0.717, 1.165) is 4.90 Å². The van der Waals surface area contributed by atoms with Crippen LogP contribution < -0.4 is 0 Å². The molecule has 1 aromatic carbocycles. The molecule has 1 N–H and O–H groups in total. The van der Waals surface area contributed by atoms with Gasteiger partial charge in [-0.25, -0.2) is 4.39 Å². The maximum atomic E-state index is 12.4. The highest BCUT2D eigenvalue weighted by Gasteiger charge is 1.92. The standard InChI is InChI=1S/C7H7FOS/c8-6-2-1-3-7(4-6)10-5-9/h1-4,9H,5H2. The smallest absolute Gasteiger partial charge is 0.124 e. The number of hydrogen-bond donors (Lipinski definition) is 1. The molecule has 54 valence electrons. The van der Waals surface area contributed by atoms with Crippen LogP contribution in [0.5, 0.6) is 0 Å². The van der Waals surface area contributed by atoms with Crippen molar-refractivity contribution in [1.29, 1.82) is 0 Å². The van der Waals surface area contributed by atoms with Gasteiger partial charge < -0.3 is 5.11 Å². The summed E-state index contributed by atoms with van der Waals surface area (Å²) in [6.45, 7) is 0. The van der Waals surface area contributed by atoms with Gasteiger partial charge in [0.15, 0.2) is 0 Å². The number of thioether (sulfide) groups is 1. The molecular formula is C7H7FOS. The molecule has 0 spiro atoms. The van der Waals surface area contributed by atoms with Crippen molar-refractivity contribution in [1.82, 2.24) is 0 Å². The third-order valence-electron chi connectivity index (χ3n) is 1.03. The first-order valence-electron chi connectivity index (χ1n) is 2.82. The molecule has 0 heterocycles. The molecule has 1 aromatic rings. The number of benzene rings is 1. The second-order valence-electron chi connectivity index (χ2n) is 1.73. The van der Waals surface area contributed by atoms with Crippen LogP contribution in [-0.2, 0) is 0 Å². The monoisotopic (exact) mass is 158 g/mol. The molecule has 1 nitrogen and oxygen atoms in total. The summed E-state index contributed by atoms with van der Waals surface area (Å²) in [5.74, 6) is -0.276. The summed E-state index contributed by atoms with van der Waals surface area (Å²) >= 11 is 1.20. The molecule has 10 heavy (non-hydrogen) atoms. The van der Waals surface area contributed by atoms with Gasteiger partial charge in [0.25, 0.3) is 0 Å². The average molecular weight is 158 g/mol. The number of aliphatic hydroxyl groups excluding tert-OH is 1. The van der Waals surface area contributed by atoms with Crippen LogP contribution in [0, 0.1) is 5.82 Å². The van der Waals surface area contributed by atoms with Crippen molar-refractivity contribution in [3.05, 3.63) is 30.1 Å². The Bertz CT molecular complexity index is 215. The Labute approximate surface area is 62.9 Å². The molecule has 0 saturated heterocycles. The summed E-state index contributed by atoms with van der Waals surface area (Å²) in [6, 6.07) is 6.14. The zero-order valence-corrected chi connectivity index (χ0v) is 6.07. The molecule has 0 fully saturated rings. The van der Waals surface area contributed by atoms with E-state index in [1.807, 2.05) is 0 Å². The van der Waals surface area contributed by atoms with Crippen LogP contribution >= 0.6 is 11.8 Å². The van der Waals surface area contributed by atoms with Gasteiger partial charge in [-0.15, -0.1) is 0 Å². The molecule has 0 aliphatic carbocycles. The van der Waals surface area contributed by atoms with Gasteiger partial charge >= 0.3 is 0 Å². The fourth-order valence-corrected chi connectivity index (χ4v) is 1.15. The Morgan fingerprint density at radius 2 is 2.30 bits per heavy atom. The van der Waals surface area contributed by atoms with Gasteiger partial charge in [-0.3, -0.25) is 0 Å². The number of rotatable bonds is 2. The van der Waals surface area contributed by atoms with Crippen LogP contribution in [0.1, 0.15) is 0 Å². The van der Waals surface area contributed by atoms with Gasteiger partial charge in [0.1, 0.15) is 5.82 Å². The predicted octanol–water partition coefficient (Wildman–Crippen LogP) is 1.87. The summed E-state index contributed by atoms with van der Waals surface area (Å²) in [6.07, 6.45) is 0. The largest absolute Gasteiger partial charge is 0.385 e. The van der Waals surface area contributed by atoms with Crippen molar-refractivity contribution in [3.63, 3.8) is 0 Å². The Balaban J connectivity index is 2.75. The Hall–Kier alpha value is -0.540. The minimum absolute atomic E-state index is 0.0105. The van der Waals surface area contributed by atoms with Gasteiger partial charge in [-0.05, 0) is 18.2 Å². The Morgan fingerprint density at radius 1 is 1.50 bits per heavy atom. The third-order valence-corrected chi connectivity index (χ3v) is 1.74. The predicted molar refractivity (Wildman–Crippen MR) is 39.3 cm³/mol. The summed E-state index contributed by atoms with van der Waals surface area (Å²) in [4.78, 5) is 0.752. The zero-order valence-electron chi connectivity index (χ0n) is 5.25. The molecule has 0 aromatic heterocycles. The van der Waals surface area contributed by atoms with Crippen LogP contribution in [0.3, 0.4) is 0 Å². The highest BCUT2D eigenvalue weighted by molar-refractivity contribution is 7.99. The Kier molecular flexibility index (Phi) is 2.71. The van der Waals surface area contributed by atoms with Crippen molar-refractivity contribution in [2.45, 2.75) is 4.90 Å². The van der Waals surface area contributed by atoms with Crippen LogP contribution in [-0.4, -0.2) is 11.0 Å². The number of aliphatic hydroxyl groups is 1. The molecule has 0 aliphatic rings. The summed E-state index contributed by atoms with van der Waals surface area (Å²) in [7, 11) is 0. The fourth-order valence-electron chi connectivity index (χ4n) is 0.631. The molecular weight excluding hydrogens is 151 g/mol. The second kappa shape index (κ2) is 3.58. The van der Waals surface area contributed by atoms with E-state index in [1.54, 1.807) is 12.1 Å². The SMILES string of the molecule is OCSc1cccc(F)c1. The molecule has 0 atom stereocenters. The quantitative estimate of drug-likeness (QED) is 0.523.